The van der Waals surface area contributed by atoms with E-state index in [1.165, 1.54) is 11.8 Å². The second-order valence-electron chi connectivity index (χ2n) is 4.36. The third kappa shape index (κ3) is 6.58. The maximum absolute atomic E-state index is 11.6. The van der Waals surface area contributed by atoms with Crippen LogP contribution in [0.1, 0.15) is 12.7 Å². The van der Waals surface area contributed by atoms with Crippen LogP contribution in [0.2, 0.25) is 0 Å². The summed E-state index contributed by atoms with van der Waals surface area (Å²) in [7, 11) is 1.83. The standard InChI is InChI=1S/C12H20N4O3S/c1-8(13-3)5-14-11(17)6-20-7-12(18)15-10-4-9(2)19-16-10/h4,8,13H,5-7H2,1-3H3,(H,14,17)(H,15,16,18). The fraction of sp³-hybridized carbons (Fsp3) is 0.583. The molecule has 1 aromatic heterocycles. The summed E-state index contributed by atoms with van der Waals surface area (Å²) in [5, 5.41) is 12.0. The van der Waals surface area contributed by atoms with E-state index in [0.29, 0.717) is 18.1 Å². The Morgan fingerprint density at radius 2 is 2.10 bits per heavy atom. The first kappa shape index (κ1) is 16.5. The number of aromatic nitrogens is 1. The van der Waals surface area contributed by atoms with Gasteiger partial charge in [0.2, 0.25) is 11.8 Å². The summed E-state index contributed by atoms with van der Waals surface area (Å²) in [6.45, 7) is 4.29. The highest BCUT2D eigenvalue weighted by molar-refractivity contribution is 8.00. The molecular formula is C12H20N4O3S. The predicted octanol–water partition coefficient (Wildman–Crippen LogP) is 0.379. The number of rotatable bonds is 8. The maximum atomic E-state index is 11.6. The molecule has 0 radical (unpaired) electrons. The molecule has 2 amide bonds. The Labute approximate surface area is 122 Å². The van der Waals surface area contributed by atoms with E-state index in [9.17, 15) is 9.59 Å². The van der Waals surface area contributed by atoms with Crippen molar-refractivity contribution < 1.29 is 14.1 Å². The second-order valence-corrected chi connectivity index (χ2v) is 5.34. The first-order chi connectivity index (χ1) is 9.51. The van der Waals surface area contributed by atoms with Gasteiger partial charge in [-0.3, -0.25) is 9.59 Å². The zero-order chi connectivity index (χ0) is 15.0. The number of likely N-dealkylation sites (N-methyl/N-ethyl adjacent to an activating group) is 1. The molecular weight excluding hydrogens is 280 g/mol. The second kappa shape index (κ2) is 8.60. The van der Waals surface area contributed by atoms with Crippen LogP contribution in [0.15, 0.2) is 10.6 Å². The van der Waals surface area contributed by atoms with Crippen molar-refractivity contribution in [1.29, 1.82) is 0 Å². The molecule has 1 atom stereocenters. The van der Waals surface area contributed by atoms with Crippen molar-refractivity contribution in [1.82, 2.24) is 15.8 Å². The average Bonchev–Trinajstić information content (AvgIpc) is 2.81. The Balaban J connectivity index is 2.14. The van der Waals surface area contributed by atoms with Gasteiger partial charge in [0.15, 0.2) is 5.82 Å². The molecule has 0 spiro atoms. The number of hydrogen-bond donors (Lipinski definition) is 3. The van der Waals surface area contributed by atoms with E-state index in [1.54, 1.807) is 13.0 Å². The highest BCUT2D eigenvalue weighted by atomic mass is 32.2. The molecule has 3 N–H and O–H groups in total. The number of hydrogen-bond acceptors (Lipinski definition) is 6. The number of aryl methyl sites for hydroxylation is 1. The Morgan fingerprint density at radius 1 is 1.40 bits per heavy atom. The summed E-state index contributed by atoms with van der Waals surface area (Å²) >= 11 is 1.25. The zero-order valence-corrected chi connectivity index (χ0v) is 12.7. The van der Waals surface area contributed by atoms with Gasteiger partial charge in [0.1, 0.15) is 5.76 Å². The molecule has 0 aliphatic carbocycles. The van der Waals surface area contributed by atoms with Gasteiger partial charge < -0.3 is 20.5 Å². The van der Waals surface area contributed by atoms with Crippen LogP contribution < -0.4 is 16.0 Å². The van der Waals surface area contributed by atoms with E-state index < -0.39 is 0 Å². The summed E-state index contributed by atoms with van der Waals surface area (Å²) in [5.74, 6) is 1.18. The molecule has 20 heavy (non-hydrogen) atoms. The lowest BCUT2D eigenvalue weighted by atomic mass is 10.3. The van der Waals surface area contributed by atoms with Gasteiger partial charge in [0, 0.05) is 18.7 Å². The number of thioether (sulfide) groups is 1. The molecule has 8 heteroatoms. The minimum absolute atomic E-state index is 0.0813. The van der Waals surface area contributed by atoms with Crippen molar-refractivity contribution in [2.45, 2.75) is 19.9 Å². The van der Waals surface area contributed by atoms with Gasteiger partial charge in [-0.2, -0.15) is 0 Å². The molecule has 1 unspecified atom stereocenters. The van der Waals surface area contributed by atoms with Gasteiger partial charge >= 0.3 is 0 Å². The van der Waals surface area contributed by atoms with Gasteiger partial charge in [-0.1, -0.05) is 5.16 Å². The Hall–Kier alpha value is -1.54. The lowest BCUT2D eigenvalue weighted by molar-refractivity contribution is -0.118. The van der Waals surface area contributed by atoms with Crippen LogP contribution in [0, 0.1) is 6.92 Å². The van der Waals surface area contributed by atoms with E-state index in [2.05, 4.69) is 21.1 Å². The van der Waals surface area contributed by atoms with E-state index in [0.717, 1.165) is 0 Å². The first-order valence-corrected chi connectivity index (χ1v) is 7.41. The predicted molar refractivity (Wildman–Crippen MR) is 78.7 cm³/mol. The highest BCUT2D eigenvalue weighted by Crippen LogP contribution is 2.08. The number of nitrogens with one attached hydrogen (secondary N) is 3. The third-order valence-electron chi connectivity index (χ3n) is 2.46. The molecule has 1 aromatic rings. The van der Waals surface area contributed by atoms with Crippen molar-refractivity contribution in [3.05, 3.63) is 11.8 Å². The fourth-order valence-corrected chi connectivity index (χ4v) is 1.91. The molecule has 0 saturated carbocycles. The number of carbonyl (C=O) groups excluding carboxylic acids is 2. The number of nitrogens with zero attached hydrogens (tertiary/aromatic N) is 1. The van der Waals surface area contributed by atoms with Crippen LogP contribution in [-0.2, 0) is 9.59 Å². The summed E-state index contributed by atoms with van der Waals surface area (Å²) in [5.41, 5.74) is 0. The molecule has 0 bridgehead atoms. The summed E-state index contributed by atoms with van der Waals surface area (Å²) < 4.78 is 4.83. The number of carbonyl (C=O) groups is 2. The monoisotopic (exact) mass is 300 g/mol. The van der Waals surface area contributed by atoms with Crippen LogP contribution >= 0.6 is 11.8 Å². The van der Waals surface area contributed by atoms with E-state index in [1.807, 2.05) is 14.0 Å². The van der Waals surface area contributed by atoms with Crippen LogP contribution in [0.4, 0.5) is 5.82 Å². The lowest BCUT2D eigenvalue weighted by Crippen LogP contribution is -2.38. The number of amides is 2. The van der Waals surface area contributed by atoms with Crippen molar-refractivity contribution in [3.8, 4) is 0 Å². The minimum Gasteiger partial charge on any atom is -0.360 e. The molecule has 1 rings (SSSR count). The fourth-order valence-electron chi connectivity index (χ4n) is 1.26. The van der Waals surface area contributed by atoms with Gasteiger partial charge in [-0.05, 0) is 20.9 Å². The van der Waals surface area contributed by atoms with Crippen molar-refractivity contribution in [2.75, 3.05) is 30.4 Å². The minimum atomic E-state index is -0.209. The van der Waals surface area contributed by atoms with Crippen LogP contribution in [0.25, 0.3) is 0 Å². The topological polar surface area (TPSA) is 96.3 Å². The Morgan fingerprint density at radius 3 is 2.70 bits per heavy atom. The Bertz CT molecular complexity index is 450. The third-order valence-corrected chi connectivity index (χ3v) is 3.39. The lowest BCUT2D eigenvalue weighted by Gasteiger charge is -2.11. The first-order valence-electron chi connectivity index (χ1n) is 6.26. The molecule has 1 heterocycles. The van der Waals surface area contributed by atoms with Gasteiger partial charge in [0.05, 0.1) is 11.5 Å². The average molecular weight is 300 g/mol. The smallest absolute Gasteiger partial charge is 0.235 e. The summed E-state index contributed by atoms with van der Waals surface area (Å²) in [6.07, 6.45) is 0. The maximum Gasteiger partial charge on any atom is 0.235 e. The number of anilines is 1. The van der Waals surface area contributed by atoms with Gasteiger partial charge in [-0.15, -0.1) is 11.8 Å². The molecule has 0 aromatic carbocycles. The van der Waals surface area contributed by atoms with Crippen molar-refractivity contribution in [2.24, 2.45) is 0 Å². The molecule has 0 aliphatic rings. The van der Waals surface area contributed by atoms with Crippen LogP contribution in [-0.4, -0.2) is 48.1 Å². The van der Waals surface area contributed by atoms with Gasteiger partial charge in [0.25, 0.3) is 0 Å². The van der Waals surface area contributed by atoms with E-state index >= 15 is 0 Å². The molecule has 0 saturated heterocycles. The molecule has 0 aliphatic heterocycles. The van der Waals surface area contributed by atoms with Crippen LogP contribution in [0.3, 0.4) is 0 Å². The summed E-state index contributed by atoms with van der Waals surface area (Å²) in [4.78, 5) is 23.0. The SMILES string of the molecule is CNC(C)CNC(=O)CSCC(=O)Nc1cc(C)on1. The van der Waals surface area contributed by atoms with E-state index in [4.69, 9.17) is 4.52 Å². The molecule has 0 fully saturated rings. The zero-order valence-electron chi connectivity index (χ0n) is 11.9. The highest BCUT2D eigenvalue weighted by Gasteiger charge is 2.08. The quantitative estimate of drug-likeness (QED) is 0.642. The van der Waals surface area contributed by atoms with Crippen LogP contribution in [0.5, 0.6) is 0 Å². The van der Waals surface area contributed by atoms with Crippen molar-refractivity contribution in [3.63, 3.8) is 0 Å². The largest absolute Gasteiger partial charge is 0.360 e. The van der Waals surface area contributed by atoms with Gasteiger partial charge in [-0.25, -0.2) is 0 Å². The molecule has 7 nitrogen and oxygen atoms in total. The van der Waals surface area contributed by atoms with E-state index in [-0.39, 0.29) is 29.4 Å². The van der Waals surface area contributed by atoms with Crippen molar-refractivity contribution >= 4 is 29.4 Å². The molecule has 112 valence electrons. The summed E-state index contributed by atoms with van der Waals surface area (Å²) in [6, 6.07) is 1.86. The Kier molecular flexibility index (Phi) is 7.10. The normalized spacial score (nSPS) is 11.9.